The van der Waals surface area contributed by atoms with Gasteiger partial charge >= 0.3 is 6.03 Å². The number of carbonyl (C=O) groups excluding carboxylic acids is 1. The fraction of sp³-hybridized carbons (Fsp3) is 0.471. The van der Waals surface area contributed by atoms with Crippen molar-refractivity contribution in [3.8, 4) is 0 Å². The fourth-order valence-corrected chi connectivity index (χ4v) is 3.30. The van der Waals surface area contributed by atoms with E-state index in [9.17, 15) is 4.79 Å². The molecule has 1 aliphatic rings. The third-order valence-corrected chi connectivity index (χ3v) is 4.57. The van der Waals surface area contributed by atoms with Crippen molar-refractivity contribution < 1.29 is 4.79 Å². The summed E-state index contributed by atoms with van der Waals surface area (Å²) in [5, 5.41) is 7.21. The second kappa shape index (κ2) is 5.80. The van der Waals surface area contributed by atoms with Crippen LogP contribution >= 0.6 is 0 Å². The van der Waals surface area contributed by atoms with Crippen LogP contribution in [0, 0.1) is 5.92 Å². The number of nitrogens with zero attached hydrogens (tertiary/aromatic N) is 1. The van der Waals surface area contributed by atoms with Crippen molar-refractivity contribution in [2.75, 3.05) is 5.32 Å². The van der Waals surface area contributed by atoms with Crippen LogP contribution in [0.15, 0.2) is 30.5 Å². The molecule has 0 unspecified atom stereocenters. The molecular formula is C17H23N3O. The van der Waals surface area contributed by atoms with Gasteiger partial charge in [0.15, 0.2) is 0 Å². The second-order valence-corrected chi connectivity index (χ2v) is 6.14. The van der Waals surface area contributed by atoms with Crippen molar-refractivity contribution in [1.82, 2.24) is 9.88 Å². The first-order chi connectivity index (χ1) is 10.1. The third-order valence-electron chi connectivity index (χ3n) is 4.57. The number of anilines is 1. The SMILES string of the molecule is C[C@H]1CCCC[C@H]1NC(=O)Nc1cn(C)c2ccccc12. The van der Waals surface area contributed by atoms with Crippen LogP contribution in [-0.2, 0) is 7.05 Å². The van der Waals surface area contributed by atoms with E-state index in [1.165, 1.54) is 19.3 Å². The van der Waals surface area contributed by atoms with Crippen molar-refractivity contribution in [2.45, 2.75) is 38.6 Å². The molecule has 4 nitrogen and oxygen atoms in total. The molecule has 3 rings (SSSR count). The van der Waals surface area contributed by atoms with E-state index in [0.717, 1.165) is 23.0 Å². The highest BCUT2D eigenvalue weighted by molar-refractivity contribution is 6.01. The van der Waals surface area contributed by atoms with Crippen LogP contribution in [0.2, 0.25) is 0 Å². The Morgan fingerprint density at radius 3 is 2.81 bits per heavy atom. The van der Waals surface area contributed by atoms with Crippen molar-refractivity contribution >= 4 is 22.6 Å². The summed E-state index contributed by atoms with van der Waals surface area (Å²) in [7, 11) is 1.99. The van der Waals surface area contributed by atoms with Crippen LogP contribution in [0.1, 0.15) is 32.6 Å². The maximum atomic E-state index is 12.2. The van der Waals surface area contributed by atoms with E-state index >= 15 is 0 Å². The highest BCUT2D eigenvalue weighted by atomic mass is 16.2. The lowest BCUT2D eigenvalue weighted by Gasteiger charge is -2.29. The highest BCUT2D eigenvalue weighted by Crippen LogP contribution is 2.26. The molecule has 2 N–H and O–H groups in total. The molecule has 1 heterocycles. The van der Waals surface area contributed by atoms with E-state index in [2.05, 4.69) is 23.6 Å². The van der Waals surface area contributed by atoms with Crippen LogP contribution in [0.25, 0.3) is 10.9 Å². The minimum atomic E-state index is -0.0925. The Bertz CT molecular complexity index is 647. The molecule has 1 aliphatic carbocycles. The molecule has 1 aromatic carbocycles. The standard InChI is InChI=1S/C17H23N3O/c1-12-7-3-5-9-14(12)18-17(21)19-15-11-20(2)16-10-6-4-8-13(15)16/h4,6,8,10-12,14H,3,5,7,9H2,1-2H3,(H2,18,19,21)/t12-,14+/m0/s1. The summed E-state index contributed by atoms with van der Waals surface area (Å²) < 4.78 is 2.04. The predicted octanol–water partition coefficient (Wildman–Crippen LogP) is 3.88. The first-order valence-electron chi connectivity index (χ1n) is 7.77. The van der Waals surface area contributed by atoms with Gasteiger partial charge in [-0.3, -0.25) is 0 Å². The van der Waals surface area contributed by atoms with E-state index in [1.54, 1.807) is 0 Å². The predicted molar refractivity (Wildman–Crippen MR) is 86.5 cm³/mol. The van der Waals surface area contributed by atoms with Gasteiger partial charge in [0.05, 0.1) is 5.69 Å². The molecule has 21 heavy (non-hydrogen) atoms. The number of nitrogens with one attached hydrogen (secondary N) is 2. The van der Waals surface area contributed by atoms with Gasteiger partial charge in [-0.2, -0.15) is 0 Å². The number of aromatic nitrogens is 1. The van der Waals surface area contributed by atoms with Gasteiger partial charge in [0.1, 0.15) is 0 Å². The molecule has 1 aromatic heterocycles. The number of aryl methyl sites for hydroxylation is 1. The lowest BCUT2D eigenvalue weighted by Crippen LogP contribution is -2.43. The van der Waals surface area contributed by atoms with E-state index in [-0.39, 0.29) is 6.03 Å². The molecule has 2 amide bonds. The molecule has 112 valence electrons. The quantitative estimate of drug-likeness (QED) is 0.864. The Morgan fingerprint density at radius 2 is 2.00 bits per heavy atom. The number of hydrogen-bond donors (Lipinski definition) is 2. The van der Waals surface area contributed by atoms with Gasteiger partial charge in [-0.05, 0) is 24.8 Å². The van der Waals surface area contributed by atoms with Crippen molar-refractivity contribution in [3.63, 3.8) is 0 Å². The van der Waals surface area contributed by atoms with Gasteiger partial charge in [-0.25, -0.2) is 4.79 Å². The number of benzene rings is 1. The number of fused-ring (bicyclic) bond motifs is 1. The summed E-state index contributed by atoms with van der Waals surface area (Å²) >= 11 is 0. The third kappa shape index (κ3) is 2.89. The molecule has 4 heteroatoms. The van der Waals surface area contributed by atoms with Crippen LogP contribution in [0.5, 0.6) is 0 Å². The number of hydrogen-bond acceptors (Lipinski definition) is 1. The fourth-order valence-electron chi connectivity index (χ4n) is 3.30. The zero-order chi connectivity index (χ0) is 14.8. The van der Waals surface area contributed by atoms with Gasteiger partial charge in [0.25, 0.3) is 0 Å². The van der Waals surface area contributed by atoms with Crippen molar-refractivity contribution in [3.05, 3.63) is 30.5 Å². The normalized spacial score (nSPS) is 22.2. The van der Waals surface area contributed by atoms with Gasteiger partial charge in [0, 0.05) is 30.2 Å². The topological polar surface area (TPSA) is 46.1 Å². The molecular weight excluding hydrogens is 262 g/mol. The monoisotopic (exact) mass is 285 g/mol. The molecule has 1 fully saturated rings. The van der Waals surface area contributed by atoms with Gasteiger partial charge in [0.2, 0.25) is 0 Å². The number of urea groups is 1. The lowest BCUT2D eigenvalue weighted by atomic mass is 9.86. The minimum absolute atomic E-state index is 0.0925. The second-order valence-electron chi connectivity index (χ2n) is 6.14. The number of carbonyl (C=O) groups is 1. The average Bonchev–Trinajstić information content (AvgIpc) is 2.79. The Hall–Kier alpha value is -1.97. The summed E-state index contributed by atoms with van der Waals surface area (Å²) in [5.74, 6) is 0.567. The molecule has 0 bridgehead atoms. The smallest absolute Gasteiger partial charge is 0.319 e. The zero-order valence-corrected chi connectivity index (χ0v) is 12.7. The summed E-state index contributed by atoms with van der Waals surface area (Å²) in [6, 6.07) is 8.30. The molecule has 0 spiro atoms. The minimum Gasteiger partial charge on any atom is -0.348 e. The van der Waals surface area contributed by atoms with Crippen LogP contribution < -0.4 is 10.6 Å². The van der Waals surface area contributed by atoms with Gasteiger partial charge in [-0.1, -0.05) is 38.0 Å². The van der Waals surface area contributed by atoms with E-state index < -0.39 is 0 Å². The van der Waals surface area contributed by atoms with Crippen molar-refractivity contribution in [1.29, 1.82) is 0 Å². The summed E-state index contributed by atoms with van der Waals surface area (Å²) in [4.78, 5) is 12.2. The maximum absolute atomic E-state index is 12.2. The Labute approximate surface area is 125 Å². The Morgan fingerprint density at radius 1 is 1.24 bits per heavy atom. The largest absolute Gasteiger partial charge is 0.348 e. The highest BCUT2D eigenvalue weighted by Gasteiger charge is 2.23. The number of para-hydroxylation sites is 1. The van der Waals surface area contributed by atoms with Crippen molar-refractivity contribution in [2.24, 2.45) is 13.0 Å². The molecule has 2 atom stereocenters. The first kappa shape index (κ1) is 14.0. The number of amides is 2. The van der Waals surface area contributed by atoms with Gasteiger partial charge in [-0.15, -0.1) is 0 Å². The molecule has 0 aliphatic heterocycles. The molecule has 1 saturated carbocycles. The van der Waals surface area contributed by atoms with E-state index in [0.29, 0.717) is 12.0 Å². The lowest BCUT2D eigenvalue weighted by molar-refractivity contribution is 0.232. The van der Waals surface area contributed by atoms with Crippen LogP contribution in [-0.4, -0.2) is 16.6 Å². The average molecular weight is 285 g/mol. The molecule has 0 radical (unpaired) electrons. The summed E-state index contributed by atoms with van der Waals surface area (Å²) in [6.45, 7) is 2.22. The summed E-state index contributed by atoms with van der Waals surface area (Å²) in [5.41, 5.74) is 1.99. The van der Waals surface area contributed by atoms with E-state index in [1.807, 2.05) is 36.0 Å². The van der Waals surface area contributed by atoms with Gasteiger partial charge < -0.3 is 15.2 Å². The Balaban J connectivity index is 1.71. The van der Waals surface area contributed by atoms with E-state index in [4.69, 9.17) is 0 Å². The van der Waals surface area contributed by atoms with Crippen LogP contribution in [0.4, 0.5) is 10.5 Å². The molecule has 2 aromatic rings. The first-order valence-corrected chi connectivity index (χ1v) is 7.77. The summed E-state index contributed by atoms with van der Waals surface area (Å²) in [6.07, 6.45) is 6.76. The van der Waals surface area contributed by atoms with Crippen LogP contribution in [0.3, 0.4) is 0 Å². The zero-order valence-electron chi connectivity index (χ0n) is 12.7. The maximum Gasteiger partial charge on any atom is 0.319 e. The number of rotatable bonds is 2. The Kier molecular flexibility index (Phi) is 3.86. The molecule has 0 saturated heterocycles.